The van der Waals surface area contributed by atoms with Gasteiger partial charge >= 0.3 is 0 Å². The minimum Gasteiger partial charge on any atom is -0.497 e. The number of hydrogen-bond donors (Lipinski definition) is 2. The average Bonchev–Trinajstić information content (AvgIpc) is 2.36. The van der Waals surface area contributed by atoms with Crippen LogP contribution in [-0.2, 0) is 0 Å². The quantitative estimate of drug-likeness (QED) is 0.845. The molecular formula is C13H12BrFN2O. The van der Waals surface area contributed by atoms with Crippen LogP contribution in [-0.4, -0.2) is 7.11 Å². The minimum atomic E-state index is -0.303. The van der Waals surface area contributed by atoms with Crippen LogP contribution in [0.3, 0.4) is 0 Å². The number of rotatable bonds is 3. The second-order valence-electron chi connectivity index (χ2n) is 3.71. The Morgan fingerprint density at radius 1 is 1.22 bits per heavy atom. The molecule has 0 amide bonds. The van der Waals surface area contributed by atoms with E-state index in [1.807, 2.05) is 6.07 Å². The van der Waals surface area contributed by atoms with Gasteiger partial charge in [-0.25, -0.2) is 4.39 Å². The van der Waals surface area contributed by atoms with Gasteiger partial charge in [0.25, 0.3) is 0 Å². The Labute approximate surface area is 113 Å². The van der Waals surface area contributed by atoms with Crippen LogP contribution < -0.4 is 15.8 Å². The molecule has 2 aromatic carbocycles. The Bertz CT molecular complexity index is 575. The van der Waals surface area contributed by atoms with Crippen LogP contribution in [0, 0.1) is 5.82 Å². The van der Waals surface area contributed by atoms with Crippen molar-refractivity contribution in [1.82, 2.24) is 0 Å². The third-order valence-electron chi connectivity index (χ3n) is 2.46. The van der Waals surface area contributed by atoms with E-state index in [9.17, 15) is 4.39 Å². The molecule has 18 heavy (non-hydrogen) atoms. The second kappa shape index (κ2) is 5.27. The first kappa shape index (κ1) is 12.7. The van der Waals surface area contributed by atoms with E-state index >= 15 is 0 Å². The second-order valence-corrected chi connectivity index (χ2v) is 4.56. The minimum absolute atomic E-state index is 0.303. The molecule has 2 aromatic rings. The molecule has 3 nitrogen and oxygen atoms in total. The predicted octanol–water partition coefficient (Wildman–Crippen LogP) is 3.92. The van der Waals surface area contributed by atoms with Gasteiger partial charge in [-0.15, -0.1) is 0 Å². The zero-order valence-electron chi connectivity index (χ0n) is 9.71. The van der Waals surface area contributed by atoms with Crippen molar-refractivity contribution in [1.29, 1.82) is 0 Å². The number of hydrogen-bond acceptors (Lipinski definition) is 3. The van der Waals surface area contributed by atoms with Crippen molar-refractivity contribution in [2.45, 2.75) is 0 Å². The Morgan fingerprint density at radius 2 is 2.00 bits per heavy atom. The molecule has 0 radical (unpaired) electrons. The Morgan fingerprint density at radius 3 is 2.61 bits per heavy atom. The summed E-state index contributed by atoms with van der Waals surface area (Å²) in [6, 6.07) is 10.0. The third kappa shape index (κ3) is 2.73. The van der Waals surface area contributed by atoms with Gasteiger partial charge in [0, 0.05) is 11.8 Å². The monoisotopic (exact) mass is 310 g/mol. The Balaban J connectivity index is 2.25. The van der Waals surface area contributed by atoms with Gasteiger partial charge in [0.2, 0.25) is 0 Å². The van der Waals surface area contributed by atoms with Crippen molar-refractivity contribution in [2.75, 3.05) is 18.2 Å². The zero-order valence-corrected chi connectivity index (χ0v) is 11.3. The van der Waals surface area contributed by atoms with Crippen molar-refractivity contribution < 1.29 is 9.13 Å². The van der Waals surface area contributed by atoms with Crippen molar-refractivity contribution >= 4 is 33.0 Å². The van der Waals surface area contributed by atoms with Crippen LogP contribution in [0.4, 0.5) is 21.5 Å². The van der Waals surface area contributed by atoms with Gasteiger partial charge in [-0.2, -0.15) is 0 Å². The molecule has 0 unspecified atom stereocenters. The SMILES string of the molecule is COc1ccc(Nc2ccc(F)c(Br)c2)c(N)c1. The number of nitrogens with one attached hydrogen (secondary N) is 1. The van der Waals surface area contributed by atoms with Crippen LogP contribution in [0.5, 0.6) is 5.75 Å². The maximum absolute atomic E-state index is 13.1. The number of ether oxygens (including phenoxy) is 1. The summed E-state index contributed by atoms with van der Waals surface area (Å²) in [5.41, 5.74) is 7.94. The molecule has 94 valence electrons. The van der Waals surface area contributed by atoms with E-state index in [-0.39, 0.29) is 5.82 Å². The highest BCUT2D eigenvalue weighted by atomic mass is 79.9. The molecule has 0 bridgehead atoms. The van der Waals surface area contributed by atoms with Crippen LogP contribution in [0.2, 0.25) is 0 Å². The summed E-state index contributed by atoms with van der Waals surface area (Å²) >= 11 is 3.13. The molecule has 5 heteroatoms. The van der Waals surface area contributed by atoms with Gasteiger partial charge in [0.05, 0.1) is 23.0 Å². The smallest absolute Gasteiger partial charge is 0.137 e. The lowest BCUT2D eigenvalue weighted by molar-refractivity contribution is 0.415. The van der Waals surface area contributed by atoms with E-state index < -0.39 is 0 Å². The highest BCUT2D eigenvalue weighted by molar-refractivity contribution is 9.10. The first-order valence-corrected chi connectivity index (χ1v) is 6.05. The number of benzene rings is 2. The van der Waals surface area contributed by atoms with Crippen molar-refractivity contribution in [3.63, 3.8) is 0 Å². The number of nitrogen functional groups attached to an aromatic ring is 1. The molecule has 0 aliphatic heterocycles. The van der Waals surface area contributed by atoms with Crippen LogP contribution in [0.1, 0.15) is 0 Å². The van der Waals surface area contributed by atoms with Gasteiger partial charge in [0.1, 0.15) is 11.6 Å². The maximum atomic E-state index is 13.1. The zero-order chi connectivity index (χ0) is 13.1. The number of nitrogens with two attached hydrogens (primary N) is 1. The van der Waals surface area contributed by atoms with E-state index in [1.54, 1.807) is 31.4 Å². The molecule has 0 atom stereocenters. The highest BCUT2D eigenvalue weighted by Crippen LogP contribution is 2.28. The van der Waals surface area contributed by atoms with E-state index in [1.165, 1.54) is 6.07 Å². The summed E-state index contributed by atoms with van der Waals surface area (Å²) in [6.07, 6.45) is 0. The standard InChI is InChI=1S/C13H12BrFN2O/c1-18-9-3-5-13(12(16)7-9)17-8-2-4-11(15)10(14)6-8/h2-7,17H,16H2,1H3. The lowest BCUT2D eigenvalue weighted by Gasteiger charge is -2.11. The molecule has 0 aliphatic carbocycles. The first-order valence-electron chi connectivity index (χ1n) is 5.26. The van der Waals surface area contributed by atoms with Crippen LogP contribution in [0.25, 0.3) is 0 Å². The van der Waals surface area contributed by atoms with Gasteiger partial charge in [-0.05, 0) is 46.3 Å². The highest BCUT2D eigenvalue weighted by Gasteiger charge is 2.04. The fourth-order valence-electron chi connectivity index (χ4n) is 1.51. The normalized spacial score (nSPS) is 10.2. The maximum Gasteiger partial charge on any atom is 0.137 e. The first-order chi connectivity index (χ1) is 8.60. The van der Waals surface area contributed by atoms with Gasteiger partial charge in [-0.1, -0.05) is 0 Å². The third-order valence-corrected chi connectivity index (χ3v) is 3.07. The summed E-state index contributed by atoms with van der Waals surface area (Å²) in [7, 11) is 1.58. The molecule has 0 fully saturated rings. The lowest BCUT2D eigenvalue weighted by atomic mass is 10.2. The molecule has 0 aromatic heterocycles. The molecule has 0 aliphatic rings. The van der Waals surface area contributed by atoms with Crippen molar-refractivity contribution in [2.24, 2.45) is 0 Å². The van der Waals surface area contributed by atoms with Gasteiger partial charge in [-0.3, -0.25) is 0 Å². The van der Waals surface area contributed by atoms with Crippen LogP contribution in [0.15, 0.2) is 40.9 Å². The Hall–Kier alpha value is -1.75. The molecule has 0 saturated heterocycles. The summed E-state index contributed by atoms with van der Waals surface area (Å²) in [6.45, 7) is 0. The van der Waals surface area contributed by atoms with Crippen molar-refractivity contribution in [3.05, 3.63) is 46.7 Å². The van der Waals surface area contributed by atoms with E-state index in [4.69, 9.17) is 10.5 Å². The van der Waals surface area contributed by atoms with E-state index in [0.29, 0.717) is 15.9 Å². The largest absolute Gasteiger partial charge is 0.497 e. The summed E-state index contributed by atoms with van der Waals surface area (Å²) in [5.74, 6) is 0.390. The molecule has 3 N–H and O–H groups in total. The lowest BCUT2D eigenvalue weighted by Crippen LogP contribution is -1.97. The number of methoxy groups -OCH3 is 1. The number of halogens is 2. The summed E-state index contributed by atoms with van der Waals surface area (Å²) in [4.78, 5) is 0. The molecule has 2 rings (SSSR count). The fraction of sp³-hybridized carbons (Fsp3) is 0.0769. The Kier molecular flexibility index (Phi) is 3.72. The van der Waals surface area contributed by atoms with Gasteiger partial charge < -0.3 is 15.8 Å². The van der Waals surface area contributed by atoms with E-state index in [2.05, 4.69) is 21.2 Å². The summed E-state index contributed by atoms with van der Waals surface area (Å²) in [5, 5.41) is 3.11. The molecule has 0 saturated carbocycles. The number of anilines is 3. The average molecular weight is 311 g/mol. The topological polar surface area (TPSA) is 47.3 Å². The van der Waals surface area contributed by atoms with Gasteiger partial charge in [0.15, 0.2) is 0 Å². The summed E-state index contributed by atoms with van der Waals surface area (Å²) < 4.78 is 18.6. The van der Waals surface area contributed by atoms with Crippen LogP contribution >= 0.6 is 15.9 Å². The van der Waals surface area contributed by atoms with Crippen molar-refractivity contribution in [3.8, 4) is 5.75 Å². The predicted molar refractivity (Wildman–Crippen MR) is 74.8 cm³/mol. The van der Waals surface area contributed by atoms with E-state index in [0.717, 1.165) is 11.4 Å². The fourth-order valence-corrected chi connectivity index (χ4v) is 1.89. The molecular weight excluding hydrogens is 299 g/mol. The molecule has 0 heterocycles. The molecule has 0 spiro atoms.